The number of thiazole rings is 1. The van der Waals surface area contributed by atoms with Gasteiger partial charge in [0.1, 0.15) is 41.3 Å². The molecule has 2 unspecified atom stereocenters. The molecule has 0 aliphatic carbocycles. The number of thioether (sulfide) groups is 2. The SMILES string of the molecule is CON=C(C(=O)NC1C(=O)N2CC(SCC3COCOC3)(C(=O)OC(c3ccccc3)c3ccccc3)CS[C@H]12)c1csc(NC(c2ccccc2)(c2ccccc2)c2ccccc2)n1. The van der Waals surface area contributed by atoms with Gasteiger partial charge in [-0.05, 0) is 27.8 Å². The normalized spacial score (nSPS) is 20.1. The highest BCUT2D eigenvalue weighted by Crippen LogP contribution is 2.46. The van der Waals surface area contributed by atoms with Gasteiger partial charge in [0.25, 0.3) is 5.91 Å². The molecule has 1 aromatic heterocycles. The number of carbonyl (C=O) groups is 3. The van der Waals surface area contributed by atoms with Crippen LogP contribution in [-0.2, 0) is 39.0 Å². The second-order valence-electron chi connectivity index (χ2n) is 15.9. The fourth-order valence-corrected chi connectivity index (χ4v) is 12.2. The fourth-order valence-electron chi connectivity index (χ4n) is 8.42. The van der Waals surface area contributed by atoms with Gasteiger partial charge < -0.3 is 34.6 Å². The predicted octanol–water partition coefficient (Wildman–Crippen LogP) is 7.72. The van der Waals surface area contributed by atoms with Crippen LogP contribution in [0.25, 0.3) is 0 Å². The van der Waals surface area contributed by atoms with Gasteiger partial charge >= 0.3 is 5.97 Å². The number of nitrogens with zero attached hydrogens (tertiary/aromatic N) is 3. The third-order valence-corrected chi connectivity index (χ3v) is 15.8. The first-order chi connectivity index (χ1) is 31.9. The lowest BCUT2D eigenvalue weighted by Crippen LogP contribution is -2.75. The Balaban J connectivity index is 0.937. The molecule has 6 aromatic rings. The first-order valence-electron chi connectivity index (χ1n) is 21.2. The molecule has 15 heteroatoms. The van der Waals surface area contributed by atoms with Crippen molar-refractivity contribution in [2.24, 2.45) is 11.1 Å². The van der Waals surface area contributed by atoms with Gasteiger partial charge in [-0.3, -0.25) is 14.4 Å². The van der Waals surface area contributed by atoms with Crippen molar-refractivity contribution in [2.45, 2.75) is 27.8 Å². The van der Waals surface area contributed by atoms with E-state index in [4.69, 9.17) is 24.0 Å². The van der Waals surface area contributed by atoms with Crippen LogP contribution in [0, 0.1) is 5.92 Å². The van der Waals surface area contributed by atoms with Crippen LogP contribution in [0.4, 0.5) is 5.13 Å². The summed E-state index contributed by atoms with van der Waals surface area (Å²) in [4.78, 5) is 54.7. The predicted molar refractivity (Wildman–Crippen MR) is 255 cm³/mol. The number of ether oxygens (including phenoxy) is 3. The third-order valence-electron chi connectivity index (χ3n) is 11.7. The highest BCUT2D eigenvalue weighted by molar-refractivity contribution is 8.05. The van der Waals surface area contributed by atoms with E-state index in [1.807, 2.05) is 115 Å². The second kappa shape index (κ2) is 20.0. The number of nitrogens with one attached hydrogen (secondary N) is 2. The van der Waals surface area contributed by atoms with E-state index in [1.165, 1.54) is 42.0 Å². The van der Waals surface area contributed by atoms with E-state index in [0.717, 1.165) is 27.8 Å². The lowest BCUT2D eigenvalue weighted by Gasteiger charge is -2.54. The maximum Gasteiger partial charge on any atom is 0.325 e. The molecule has 3 aliphatic rings. The van der Waals surface area contributed by atoms with Gasteiger partial charge in [-0.1, -0.05) is 157 Å². The molecular weight excluding hydrogens is 879 g/mol. The summed E-state index contributed by atoms with van der Waals surface area (Å²) >= 11 is 4.25. The Morgan fingerprint density at radius 1 is 0.846 bits per heavy atom. The maximum absolute atomic E-state index is 14.7. The molecule has 0 bridgehead atoms. The molecule has 3 saturated heterocycles. The Morgan fingerprint density at radius 3 is 1.92 bits per heavy atom. The van der Waals surface area contributed by atoms with Gasteiger partial charge in [-0.15, -0.1) is 34.9 Å². The number of hydrogen-bond donors (Lipinski definition) is 2. The highest BCUT2D eigenvalue weighted by Gasteiger charge is 2.59. The van der Waals surface area contributed by atoms with Crippen LogP contribution in [-0.4, -0.2) is 94.7 Å². The van der Waals surface area contributed by atoms with Gasteiger partial charge in [-0.2, -0.15) is 0 Å². The van der Waals surface area contributed by atoms with Crippen molar-refractivity contribution >= 4 is 63.5 Å². The molecule has 2 N–H and O–H groups in total. The van der Waals surface area contributed by atoms with E-state index >= 15 is 0 Å². The van der Waals surface area contributed by atoms with E-state index in [-0.39, 0.29) is 36.6 Å². The number of benzene rings is 5. The first-order valence-corrected chi connectivity index (χ1v) is 24.1. The average Bonchev–Trinajstić information content (AvgIpc) is 3.84. The second-order valence-corrected chi connectivity index (χ2v) is 19.3. The zero-order valence-electron chi connectivity index (χ0n) is 35.5. The standard InChI is InChI=1S/C50H47N5O7S3/c1-59-54-41(40-30-63-48(51-40)53-50(37-21-11-4-12-22-37,38-23-13-5-14-24-38)39-25-15-6-16-26-39)44(56)52-42-45(57)55-31-49(32-64-46(42)55,65-29-34-27-60-33-61-28-34)47(58)62-43(35-17-7-2-8-18-35)36-19-9-3-10-20-36/h2-26,30,34,42-43,46H,27-29,31-33H2,1H3,(H,51,53)(H,52,56)/t42?,46-,49?/m1/s1. The summed E-state index contributed by atoms with van der Waals surface area (Å²) in [7, 11) is 1.36. The molecule has 0 saturated carbocycles. The Labute approximate surface area is 390 Å². The van der Waals surface area contributed by atoms with Crippen molar-refractivity contribution in [3.63, 3.8) is 0 Å². The number of esters is 1. The molecule has 12 nitrogen and oxygen atoms in total. The summed E-state index contributed by atoms with van der Waals surface area (Å²) in [5.74, 6) is -0.369. The fraction of sp³-hybridized carbons (Fsp3) is 0.260. The van der Waals surface area contributed by atoms with Gasteiger partial charge in [0, 0.05) is 29.3 Å². The van der Waals surface area contributed by atoms with Crippen molar-refractivity contribution < 1.29 is 33.4 Å². The summed E-state index contributed by atoms with van der Waals surface area (Å²) in [6.07, 6.45) is -0.656. The van der Waals surface area contributed by atoms with E-state index in [0.29, 0.717) is 29.9 Å². The number of oxime groups is 1. The van der Waals surface area contributed by atoms with Crippen LogP contribution in [0.2, 0.25) is 0 Å². The van der Waals surface area contributed by atoms with Crippen molar-refractivity contribution in [1.29, 1.82) is 0 Å². The molecule has 9 rings (SSSR count). The first kappa shape index (κ1) is 44.2. The molecular formula is C50H47N5O7S3. The van der Waals surface area contributed by atoms with Gasteiger partial charge in [0.2, 0.25) is 5.91 Å². The molecule has 2 amide bonds. The van der Waals surface area contributed by atoms with Crippen LogP contribution < -0.4 is 10.6 Å². The van der Waals surface area contributed by atoms with E-state index in [1.54, 1.807) is 10.3 Å². The lowest BCUT2D eigenvalue weighted by molar-refractivity contribution is -0.155. The van der Waals surface area contributed by atoms with E-state index < -0.39 is 39.7 Å². The Morgan fingerprint density at radius 2 is 1.38 bits per heavy atom. The van der Waals surface area contributed by atoms with Crippen LogP contribution in [0.5, 0.6) is 0 Å². The van der Waals surface area contributed by atoms with Crippen molar-refractivity contribution in [3.8, 4) is 0 Å². The van der Waals surface area contributed by atoms with Gasteiger partial charge in [0.15, 0.2) is 16.9 Å². The maximum atomic E-state index is 14.7. The molecule has 3 fully saturated rings. The van der Waals surface area contributed by atoms with Gasteiger partial charge in [-0.25, -0.2) is 4.98 Å². The number of aromatic nitrogens is 1. The van der Waals surface area contributed by atoms with Crippen molar-refractivity contribution in [3.05, 3.63) is 191 Å². The van der Waals surface area contributed by atoms with Gasteiger partial charge in [0.05, 0.1) is 13.2 Å². The van der Waals surface area contributed by atoms with Crippen LogP contribution in [0.15, 0.2) is 162 Å². The van der Waals surface area contributed by atoms with E-state index in [2.05, 4.69) is 52.2 Å². The minimum Gasteiger partial charge on any atom is -0.451 e. The summed E-state index contributed by atoms with van der Waals surface area (Å²) < 4.78 is 16.5. The zero-order valence-corrected chi connectivity index (χ0v) is 37.9. The molecule has 65 heavy (non-hydrogen) atoms. The van der Waals surface area contributed by atoms with Crippen molar-refractivity contribution in [2.75, 3.05) is 50.5 Å². The molecule has 0 radical (unpaired) electrons. The minimum atomic E-state index is -1.10. The molecule has 3 aliphatic heterocycles. The third kappa shape index (κ3) is 9.29. The average molecular weight is 926 g/mol. The number of fused-ring (bicyclic) bond motifs is 1. The minimum absolute atomic E-state index is 0.0608. The van der Waals surface area contributed by atoms with Crippen molar-refractivity contribution in [1.82, 2.24) is 15.2 Å². The van der Waals surface area contributed by atoms with Crippen LogP contribution >= 0.6 is 34.9 Å². The summed E-state index contributed by atoms with van der Waals surface area (Å²) in [6.45, 7) is 1.37. The number of β-lactam (4-membered cyclic amide) rings is 1. The molecule has 5 aromatic carbocycles. The quantitative estimate of drug-likeness (QED) is 0.0324. The number of carbonyl (C=O) groups excluding carboxylic acids is 3. The number of anilines is 1. The Hall–Kier alpha value is -5.97. The van der Waals surface area contributed by atoms with Crippen LogP contribution in [0.3, 0.4) is 0 Å². The number of amides is 2. The topological polar surface area (TPSA) is 141 Å². The lowest BCUT2D eigenvalue weighted by atomic mass is 9.77. The van der Waals surface area contributed by atoms with E-state index in [9.17, 15) is 14.4 Å². The highest BCUT2D eigenvalue weighted by atomic mass is 32.2. The molecule has 4 heterocycles. The smallest absolute Gasteiger partial charge is 0.325 e. The van der Waals surface area contributed by atoms with Crippen LogP contribution in [0.1, 0.15) is 39.6 Å². The number of rotatable bonds is 16. The Kier molecular flexibility index (Phi) is 13.6. The summed E-state index contributed by atoms with van der Waals surface area (Å²) in [5, 5.41) is 12.6. The zero-order chi connectivity index (χ0) is 44.6. The molecule has 332 valence electrons. The number of hydrogen-bond acceptors (Lipinski definition) is 13. The summed E-state index contributed by atoms with van der Waals surface area (Å²) in [6, 6.07) is 48.9. The molecule has 3 atom stereocenters. The largest absolute Gasteiger partial charge is 0.451 e. The monoisotopic (exact) mass is 925 g/mol. The molecule has 0 spiro atoms. The summed E-state index contributed by atoms with van der Waals surface area (Å²) in [5.41, 5.74) is 4.02. The Bertz CT molecular complexity index is 2450.